The molecule has 3 rings (SSSR count). The zero-order valence-corrected chi connectivity index (χ0v) is 13.8. The third-order valence-electron chi connectivity index (χ3n) is 4.63. The van der Waals surface area contributed by atoms with Crippen molar-refractivity contribution in [2.24, 2.45) is 0 Å². The Morgan fingerprint density at radius 3 is 2.62 bits per heavy atom. The number of carbonyl (C=O) groups is 1. The van der Waals surface area contributed by atoms with Gasteiger partial charge in [-0.15, -0.1) is 0 Å². The summed E-state index contributed by atoms with van der Waals surface area (Å²) in [6.07, 6.45) is 1.81. The summed E-state index contributed by atoms with van der Waals surface area (Å²) in [7, 11) is 0. The predicted octanol–water partition coefficient (Wildman–Crippen LogP) is 3.79. The van der Waals surface area contributed by atoms with Crippen LogP contribution in [0.2, 0.25) is 0 Å². The average Bonchev–Trinajstić information content (AvgIpc) is 2.61. The van der Waals surface area contributed by atoms with Gasteiger partial charge in [0.2, 0.25) is 5.91 Å². The van der Waals surface area contributed by atoms with E-state index < -0.39 is 11.9 Å². The van der Waals surface area contributed by atoms with E-state index in [0.29, 0.717) is 37.1 Å². The Labute approximate surface area is 141 Å². The lowest BCUT2D eigenvalue weighted by Crippen LogP contribution is -2.36. The van der Waals surface area contributed by atoms with Crippen molar-refractivity contribution in [2.75, 3.05) is 11.4 Å². The van der Waals surface area contributed by atoms with Gasteiger partial charge in [-0.25, -0.2) is 4.39 Å². The second kappa shape index (κ2) is 7.14. The fourth-order valence-corrected chi connectivity index (χ4v) is 3.15. The zero-order valence-electron chi connectivity index (χ0n) is 13.8. The van der Waals surface area contributed by atoms with Crippen LogP contribution in [-0.4, -0.2) is 17.6 Å². The quantitative estimate of drug-likeness (QED) is 0.928. The highest BCUT2D eigenvalue weighted by molar-refractivity contribution is 5.94. The number of halogens is 1. The van der Waals surface area contributed by atoms with Crippen molar-refractivity contribution >= 4 is 11.6 Å². The second-order valence-electron chi connectivity index (χ2n) is 6.22. The smallest absolute Gasteiger partial charge is 0.227 e. The normalized spacial score (nSPS) is 16.8. The highest BCUT2D eigenvalue weighted by Crippen LogP contribution is 2.34. The molecule has 0 aliphatic carbocycles. The van der Waals surface area contributed by atoms with Crippen molar-refractivity contribution in [2.45, 2.75) is 38.7 Å². The van der Waals surface area contributed by atoms with Crippen LogP contribution in [0.5, 0.6) is 0 Å². The molecule has 0 saturated heterocycles. The minimum Gasteiger partial charge on any atom is -0.388 e. The van der Waals surface area contributed by atoms with Crippen LogP contribution < -0.4 is 4.90 Å². The van der Waals surface area contributed by atoms with Crippen LogP contribution in [0.15, 0.2) is 42.5 Å². The molecule has 1 N–H and O–H groups in total. The number of anilines is 1. The summed E-state index contributed by atoms with van der Waals surface area (Å²) in [5, 5.41) is 10.0. The molecule has 0 saturated carbocycles. The summed E-state index contributed by atoms with van der Waals surface area (Å²) in [6.45, 7) is 2.58. The zero-order chi connectivity index (χ0) is 17.1. The van der Waals surface area contributed by atoms with Crippen molar-refractivity contribution in [1.82, 2.24) is 0 Å². The number of nitrogens with zero attached hydrogens (tertiary/aromatic N) is 1. The number of benzene rings is 2. The lowest BCUT2D eigenvalue weighted by Gasteiger charge is -2.32. The molecule has 126 valence electrons. The highest BCUT2D eigenvalue weighted by Gasteiger charge is 2.27. The largest absolute Gasteiger partial charge is 0.388 e. The average molecular weight is 327 g/mol. The van der Waals surface area contributed by atoms with Gasteiger partial charge >= 0.3 is 0 Å². The summed E-state index contributed by atoms with van der Waals surface area (Å²) in [5.41, 5.74) is 3.55. The van der Waals surface area contributed by atoms with E-state index >= 15 is 0 Å². The number of aryl methyl sites for hydroxylation is 2. The molecule has 0 spiro atoms. The molecule has 1 amide bonds. The first-order valence-corrected chi connectivity index (χ1v) is 8.44. The summed E-state index contributed by atoms with van der Waals surface area (Å²) >= 11 is 0. The van der Waals surface area contributed by atoms with Gasteiger partial charge in [0.15, 0.2) is 0 Å². The van der Waals surface area contributed by atoms with Gasteiger partial charge in [-0.3, -0.25) is 4.79 Å². The van der Waals surface area contributed by atoms with Crippen LogP contribution in [-0.2, 0) is 17.6 Å². The van der Waals surface area contributed by atoms with E-state index in [1.165, 1.54) is 17.7 Å². The Kier molecular flexibility index (Phi) is 4.95. The summed E-state index contributed by atoms with van der Waals surface area (Å²) in [5.74, 6) is -0.382. The van der Waals surface area contributed by atoms with Gasteiger partial charge in [-0.1, -0.05) is 31.2 Å². The predicted molar refractivity (Wildman–Crippen MR) is 92.5 cm³/mol. The van der Waals surface area contributed by atoms with Crippen LogP contribution in [0.4, 0.5) is 10.1 Å². The van der Waals surface area contributed by atoms with Gasteiger partial charge in [-0.2, -0.15) is 0 Å². The standard InChI is InChI=1S/C20H22FNO2/c1-2-14-3-5-15(6-4-14)7-10-20(24)22-12-11-19(23)17-13-16(21)8-9-18(17)22/h3-6,8-9,13,19,23H,2,7,10-12H2,1H3. The van der Waals surface area contributed by atoms with Crippen molar-refractivity contribution in [1.29, 1.82) is 0 Å². The molecular weight excluding hydrogens is 305 g/mol. The Morgan fingerprint density at radius 2 is 1.92 bits per heavy atom. The second-order valence-corrected chi connectivity index (χ2v) is 6.22. The Morgan fingerprint density at radius 1 is 1.21 bits per heavy atom. The van der Waals surface area contributed by atoms with Crippen molar-refractivity contribution < 1.29 is 14.3 Å². The topological polar surface area (TPSA) is 40.5 Å². The first-order valence-electron chi connectivity index (χ1n) is 8.44. The van der Waals surface area contributed by atoms with Gasteiger partial charge < -0.3 is 10.0 Å². The van der Waals surface area contributed by atoms with E-state index in [2.05, 4.69) is 31.2 Å². The van der Waals surface area contributed by atoms with Gasteiger partial charge in [0.25, 0.3) is 0 Å². The molecule has 0 radical (unpaired) electrons. The minimum absolute atomic E-state index is 0.00864. The maximum absolute atomic E-state index is 13.4. The highest BCUT2D eigenvalue weighted by atomic mass is 19.1. The van der Waals surface area contributed by atoms with E-state index in [1.807, 2.05) is 0 Å². The molecule has 0 bridgehead atoms. The van der Waals surface area contributed by atoms with Crippen LogP contribution in [0.3, 0.4) is 0 Å². The molecule has 2 aromatic rings. The van der Waals surface area contributed by atoms with E-state index in [-0.39, 0.29) is 5.91 Å². The van der Waals surface area contributed by atoms with Gasteiger partial charge in [0.05, 0.1) is 6.10 Å². The number of aliphatic hydroxyl groups is 1. The first-order chi connectivity index (χ1) is 11.6. The monoisotopic (exact) mass is 327 g/mol. The number of hydrogen-bond acceptors (Lipinski definition) is 2. The maximum Gasteiger partial charge on any atom is 0.227 e. The molecule has 1 aliphatic heterocycles. The van der Waals surface area contributed by atoms with Gasteiger partial charge in [-0.05, 0) is 48.6 Å². The maximum atomic E-state index is 13.4. The molecule has 1 atom stereocenters. The minimum atomic E-state index is -0.707. The molecule has 1 heterocycles. The Hall–Kier alpha value is -2.20. The summed E-state index contributed by atoms with van der Waals surface area (Å²) in [4.78, 5) is 14.3. The molecule has 0 fully saturated rings. The third-order valence-corrected chi connectivity index (χ3v) is 4.63. The molecule has 0 aromatic heterocycles. The summed E-state index contributed by atoms with van der Waals surface area (Å²) in [6, 6.07) is 12.6. The lowest BCUT2D eigenvalue weighted by molar-refractivity contribution is -0.118. The van der Waals surface area contributed by atoms with Crippen LogP contribution in [0.25, 0.3) is 0 Å². The van der Waals surface area contributed by atoms with Crippen LogP contribution in [0.1, 0.15) is 42.6 Å². The third kappa shape index (κ3) is 3.49. The molecular formula is C20H22FNO2. The molecule has 4 heteroatoms. The lowest BCUT2D eigenvalue weighted by atomic mass is 9.98. The molecule has 2 aromatic carbocycles. The molecule has 1 aliphatic rings. The number of aliphatic hydroxyl groups excluding tert-OH is 1. The fraction of sp³-hybridized carbons (Fsp3) is 0.350. The van der Waals surface area contributed by atoms with Crippen molar-refractivity contribution in [3.8, 4) is 0 Å². The molecule has 24 heavy (non-hydrogen) atoms. The SMILES string of the molecule is CCc1ccc(CCC(=O)N2CCC(O)c3cc(F)ccc32)cc1. The Bertz CT molecular complexity index is 727. The van der Waals surface area contributed by atoms with E-state index in [0.717, 1.165) is 12.0 Å². The van der Waals surface area contributed by atoms with Gasteiger partial charge in [0.1, 0.15) is 5.82 Å². The van der Waals surface area contributed by atoms with Crippen molar-refractivity contribution in [3.63, 3.8) is 0 Å². The van der Waals surface area contributed by atoms with E-state index in [9.17, 15) is 14.3 Å². The Balaban J connectivity index is 1.70. The molecule has 1 unspecified atom stereocenters. The summed E-state index contributed by atoms with van der Waals surface area (Å²) < 4.78 is 13.4. The van der Waals surface area contributed by atoms with Crippen LogP contribution in [0, 0.1) is 5.82 Å². The fourth-order valence-electron chi connectivity index (χ4n) is 3.15. The van der Waals surface area contributed by atoms with Crippen LogP contribution >= 0.6 is 0 Å². The number of amides is 1. The van der Waals surface area contributed by atoms with Crippen molar-refractivity contribution in [3.05, 3.63) is 65.0 Å². The van der Waals surface area contributed by atoms with E-state index in [4.69, 9.17) is 0 Å². The number of fused-ring (bicyclic) bond motifs is 1. The number of rotatable bonds is 4. The van der Waals surface area contributed by atoms with Gasteiger partial charge in [0, 0.05) is 24.2 Å². The number of carbonyl (C=O) groups excluding carboxylic acids is 1. The first kappa shape index (κ1) is 16.7. The molecule has 3 nitrogen and oxygen atoms in total. The number of hydrogen-bond donors (Lipinski definition) is 1. The van der Waals surface area contributed by atoms with E-state index in [1.54, 1.807) is 11.0 Å².